The van der Waals surface area contributed by atoms with Crippen molar-refractivity contribution in [3.8, 4) is 0 Å². The Bertz CT molecular complexity index is 185. The maximum Gasteiger partial charge on any atom is 1.00 e. The third-order valence-corrected chi connectivity index (χ3v) is 2.05. The molecule has 18 heavy (non-hydrogen) atoms. The minimum atomic E-state index is -3.92. The molecule has 12 heteroatoms. The van der Waals surface area contributed by atoms with Crippen LogP contribution in [-0.2, 0) is 13.7 Å². The summed E-state index contributed by atoms with van der Waals surface area (Å²) >= 11 is 0. The van der Waals surface area contributed by atoms with E-state index >= 15 is 0 Å². The van der Waals surface area contributed by atoms with Crippen molar-refractivity contribution in [1.82, 2.24) is 5.48 Å². The summed E-state index contributed by atoms with van der Waals surface area (Å²) in [5.74, 6) is 0. The summed E-state index contributed by atoms with van der Waals surface area (Å²) in [6, 6.07) is 0. The van der Waals surface area contributed by atoms with Crippen LogP contribution in [0.25, 0.3) is 0 Å². The molecule has 0 fully saturated rings. The first kappa shape index (κ1) is 38.5. The molecule has 0 spiro atoms. The van der Waals surface area contributed by atoms with E-state index in [0.29, 0.717) is 13.1 Å². The van der Waals surface area contributed by atoms with E-state index in [1.165, 1.54) is 0 Å². The largest absolute Gasteiger partial charge is 1.00 e. The molecule has 0 bridgehead atoms. The number of unbranched alkanes of at least 4 members (excludes halogenated alkanes) is 1. The van der Waals surface area contributed by atoms with Crippen molar-refractivity contribution in [3.05, 3.63) is 0 Å². The van der Waals surface area contributed by atoms with Crippen LogP contribution >= 0.6 is 7.82 Å². The molecule has 0 aliphatic rings. The van der Waals surface area contributed by atoms with Gasteiger partial charge in [-0.15, -0.1) is 0 Å². The number of nitrogens with two attached hydrogens (primary N) is 1. The topological polar surface area (TPSA) is 93.8 Å². The van der Waals surface area contributed by atoms with Crippen LogP contribution in [0, 0.1) is 0 Å². The predicted octanol–water partition coefficient (Wildman–Crippen LogP) is -14.0. The van der Waals surface area contributed by atoms with Gasteiger partial charge in [0.2, 0.25) is 0 Å². The first-order chi connectivity index (χ1) is 6.12. The molecule has 0 aromatic rings. The third-order valence-electron chi connectivity index (χ3n) is 1.18. The van der Waals surface area contributed by atoms with Crippen molar-refractivity contribution >= 4 is 7.82 Å². The van der Waals surface area contributed by atoms with E-state index in [2.05, 4.69) is 14.6 Å². The van der Waals surface area contributed by atoms with Crippen LogP contribution in [0.15, 0.2) is 0 Å². The summed E-state index contributed by atoms with van der Waals surface area (Å²) in [4.78, 5) is 8.98. The molecule has 0 aromatic heterocycles. The summed E-state index contributed by atoms with van der Waals surface area (Å²) in [5, 5.41) is 0. The minimum Gasteiger partial charge on any atom is -1.00 e. The van der Waals surface area contributed by atoms with Gasteiger partial charge < -0.3 is 17.8 Å². The molecule has 1 unspecified atom stereocenters. The zero-order valence-corrected chi connectivity index (χ0v) is 23.6. The van der Waals surface area contributed by atoms with Gasteiger partial charge >= 0.3 is 156 Å². The van der Waals surface area contributed by atoms with Crippen LogP contribution in [0.3, 0.4) is 0 Å². The van der Waals surface area contributed by atoms with Crippen molar-refractivity contribution < 1.29 is 174 Å². The summed E-state index contributed by atoms with van der Waals surface area (Å²) in [5.41, 5.74) is 7.36. The van der Waals surface area contributed by atoms with E-state index in [1.54, 1.807) is 0 Å². The number of hydroxylamine groups is 1. The summed E-state index contributed by atoms with van der Waals surface area (Å²) in [6.45, 7) is 2.81. The van der Waals surface area contributed by atoms with Gasteiger partial charge in [0.1, 0.15) is 0 Å². The fourth-order valence-corrected chi connectivity index (χ4v) is 1.20. The van der Waals surface area contributed by atoms with Crippen molar-refractivity contribution in [1.29, 1.82) is 0 Å². The smallest absolute Gasteiger partial charge is 1.00 e. The monoisotopic (exact) mass is 332 g/mol. The average Bonchev–Trinajstić information content (AvgIpc) is 2.05. The van der Waals surface area contributed by atoms with Crippen LogP contribution in [0.5, 0.6) is 0 Å². The molecular weight excluding hydrogens is 310 g/mol. The van der Waals surface area contributed by atoms with E-state index in [-0.39, 0.29) is 162 Å². The average molecular weight is 332 g/mol. The van der Waals surface area contributed by atoms with E-state index < -0.39 is 7.82 Å². The summed E-state index contributed by atoms with van der Waals surface area (Å²) in [6.07, 6.45) is 1.63. The SMILES string of the molecule is CCCCOP(=O)(O)ONCCN.[H-].[H-].[H-].[H-].[H-].[Na+].[Na+].[Na+].[Na+].[Na+]. The van der Waals surface area contributed by atoms with Crippen molar-refractivity contribution in [2.75, 3.05) is 19.7 Å². The Morgan fingerprint density at radius 1 is 1.28 bits per heavy atom. The minimum absolute atomic E-state index is 0. The Labute approximate surface area is 227 Å². The molecule has 4 N–H and O–H groups in total. The van der Waals surface area contributed by atoms with Gasteiger partial charge in [0.05, 0.1) is 6.61 Å². The predicted molar refractivity (Wildman–Crippen MR) is 54.4 cm³/mol. The van der Waals surface area contributed by atoms with Gasteiger partial charge in [-0.05, 0) is 6.42 Å². The summed E-state index contributed by atoms with van der Waals surface area (Å²) in [7, 11) is -3.92. The molecular formula is C6H22N2Na5O4P. The molecule has 6 nitrogen and oxygen atoms in total. The quantitative estimate of drug-likeness (QED) is 0.177. The fourth-order valence-electron chi connectivity index (χ4n) is 0.537. The molecule has 1 atom stereocenters. The zero-order valence-electron chi connectivity index (χ0n) is 17.7. The van der Waals surface area contributed by atoms with E-state index in [9.17, 15) is 4.57 Å². The van der Waals surface area contributed by atoms with Gasteiger partial charge in [0, 0.05) is 13.1 Å². The molecule has 0 heterocycles. The van der Waals surface area contributed by atoms with Crippen molar-refractivity contribution in [3.63, 3.8) is 0 Å². The third kappa shape index (κ3) is 29.1. The van der Waals surface area contributed by atoms with Crippen molar-refractivity contribution in [2.45, 2.75) is 19.8 Å². The van der Waals surface area contributed by atoms with Gasteiger partial charge in [-0.3, -0.25) is 4.52 Å². The normalized spacial score (nSPS) is 11.3. The number of rotatable bonds is 8. The van der Waals surface area contributed by atoms with Crippen molar-refractivity contribution in [2.24, 2.45) is 5.73 Å². The molecule has 0 rings (SSSR count). The Hall–Kier alpha value is 5.03. The first-order valence-electron chi connectivity index (χ1n) is 4.21. The van der Waals surface area contributed by atoms with Crippen LogP contribution in [0.4, 0.5) is 0 Å². The number of hydrogen-bond donors (Lipinski definition) is 3. The number of phosphoric acid groups is 1. The number of phosphoric ester groups is 1. The Morgan fingerprint density at radius 2 is 1.78 bits per heavy atom. The van der Waals surface area contributed by atoms with Gasteiger partial charge in [-0.25, -0.2) is 4.57 Å². The molecule has 0 aliphatic heterocycles. The van der Waals surface area contributed by atoms with Crippen LogP contribution in [-0.4, -0.2) is 24.6 Å². The second kappa shape index (κ2) is 26.9. The number of nitrogens with one attached hydrogen (secondary N) is 1. The maximum absolute atomic E-state index is 11.0. The van der Waals surface area contributed by atoms with Gasteiger partial charge in [-0.2, -0.15) is 10.1 Å². The number of hydrogen-bond acceptors (Lipinski definition) is 5. The molecule has 0 saturated carbocycles. The fraction of sp³-hybridized carbons (Fsp3) is 1.00. The Balaban J connectivity index is -0.0000000160. The van der Waals surface area contributed by atoms with E-state index in [0.717, 1.165) is 12.8 Å². The zero-order chi connectivity index (χ0) is 10.2. The second-order valence-electron chi connectivity index (χ2n) is 2.43. The van der Waals surface area contributed by atoms with Crippen LogP contribution < -0.4 is 159 Å². The second-order valence-corrected chi connectivity index (χ2v) is 3.81. The molecule has 0 aliphatic carbocycles. The first-order valence-corrected chi connectivity index (χ1v) is 5.70. The van der Waals surface area contributed by atoms with Crippen LogP contribution in [0.2, 0.25) is 0 Å². The standard InChI is InChI=1S/C6H17N2O4P.5Na.5H/c1-2-3-6-11-13(9,10)12-8-5-4-7;;;;;;;;;;/h8H,2-7H2,1H3,(H,9,10);;;;;;;;;;/q;5*+1;5*-1. The molecule has 0 saturated heterocycles. The van der Waals surface area contributed by atoms with Gasteiger partial charge in [0.15, 0.2) is 0 Å². The molecule has 0 radical (unpaired) electrons. The summed E-state index contributed by atoms with van der Waals surface area (Å²) < 4.78 is 19.9. The van der Waals surface area contributed by atoms with Gasteiger partial charge in [0.25, 0.3) is 0 Å². The molecule has 0 amide bonds. The van der Waals surface area contributed by atoms with E-state index in [4.69, 9.17) is 10.6 Å². The Morgan fingerprint density at radius 3 is 2.17 bits per heavy atom. The van der Waals surface area contributed by atoms with Gasteiger partial charge in [-0.1, -0.05) is 13.3 Å². The van der Waals surface area contributed by atoms with Crippen LogP contribution in [0.1, 0.15) is 26.9 Å². The molecule has 0 aromatic carbocycles. The Kier molecular flexibility index (Phi) is 57.6. The van der Waals surface area contributed by atoms with E-state index in [1.807, 2.05) is 6.92 Å². The maximum atomic E-state index is 11.0. The molecule has 90 valence electrons.